The van der Waals surface area contributed by atoms with E-state index in [0.29, 0.717) is 12.8 Å². The topological polar surface area (TPSA) is 52.6 Å². The van der Waals surface area contributed by atoms with E-state index in [1.54, 1.807) is 0 Å². The molecule has 0 aromatic heterocycles. The molecule has 160 valence electrons. The minimum absolute atomic E-state index is 0.299. The summed E-state index contributed by atoms with van der Waals surface area (Å²) in [6.07, 6.45) is 9.09. The molecule has 2 unspecified atom stereocenters. The van der Waals surface area contributed by atoms with E-state index in [0.717, 1.165) is 60.2 Å². The predicted octanol–water partition coefficient (Wildman–Crippen LogP) is 6.09. The fourth-order valence-electron chi connectivity index (χ4n) is 2.78. The van der Waals surface area contributed by atoms with Crippen molar-refractivity contribution in [3.8, 4) is 0 Å². The first-order chi connectivity index (χ1) is 12.9. The Bertz CT molecular complexity index is 383. The molecular weight excluding hydrogens is 487 g/mol. The molecule has 0 aliphatic heterocycles. The number of thiol groups is 2. The molecule has 0 N–H and O–H groups in total. The van der Waals surface area contributed by atoms with Gasteiger partial charge in [0.25, 0.3) is 0 Å². The Morgan fingerprint density at radius 2 is 1.04 bits per heavy atom. The van der Waals surface area contributed by atoms with Gasteiger partial charge in [-0.25, -0.2) is 0 Å². The second-order valence-electron chi connectivity index (χ2n) is 7.28. The second-order valence-corrected chi connectivity index (χ2v) is 17.7. The quantitative estimate of drug-likeness (QED) is 0.188. The van der Waals surface area contributed by atoms with E-state index in [-0.39, 0.29) is 11.9 Å². The van der Waals surface area contributed by atoms with Gasteiger partial charge < -0.3 is 0 Å². The number of carbonyl (C=O) groups is 2. The van der Waals surface area contributed by atoms with Crippen LogP contribution in [0, 0.1) is 0 Å². The summed E-state index contributed by atoms with van der Waals surface area (Å²) in [6, 6.07) is 0. The molecule has 0 radical (unpaired) electrons. The number of hydrogen-bond donors (Lipinski definition) is 2. The van der Waals surface area contributed by atoms with Crippen molar-refractivity contribution in [1.29, 1.82) is 0 Å². The van der Waals surface area contributed by atoms with Crippen LogP contribution in [0.25, 0.3) is 0 Å². The van der Waals surface area contributed by atoms with Gasteiger partial charge in [0, 0.05) is 0 Å². The summed E-state index contributed by atoms with van der Waals surface area (Å²) < 4.78 is 13.5. The van der Waals surface area contributed by atoms with E-state index in [4.69, 9.17) is 6.15 Å². The Morgan fingerprint density at radius 3 is 1.33 bits per heavy atom. The van der Waals surface area contributed by atoms with E-state index in [2.05, 4.69) is 53.0 Å². The van der Waals surface area contributed by atoms with E-state index >= 15 is 0 Å². The van der Waals surface area contributed by atoms with Crippen molar-refractivity contribution in [2.45, 2.75) is 111 Å². The van der Waals surface area contributed by atoms with E-state index in [9.17, 15) is 9.59 Å². The fraction of sp³-hybridized carbons (Fsp3) is 0.900. The normalized spacial score (nSPS) is 13.9. The number of unbranched alkanes of at least 4 members (excludes halogenated alkanes) is 4. The average molecular weight is 527 g/mol. The monoisotopic (exact) mass is 528 g/mol. The number of rotatable bonds is 16. The molecule has 0 heterocycles. The van der Waals surface area contributed by atoms with Gasteiger partial charge in [-0.2, -0.15) is 0 Å². The van der Waals surface area contributed by atoms with Gasteiger partial charge in [-0.15, -0.1) is 0 Å². The van der Waals surface area contributed by atoms with Gasteiger partial charge in [-0.1, -0.05) is 0 Å². The van der Waals surface area contributed by atoms with Crippen LogP contribution in [-0.2, 0) is 15.7 Å². The van der Waals surface area contributed by atoms with Crippen molar-refractivity contribution in [2.75, 3.05) is 0 Å². The molecule has 0 saturated heterocycles. The Morgan fingerprint density at radius 1 is 0.704 bits per heavy atom. The number of carbonyl (C=O) groups excluding carboxylic acids is 2. The maximum absolute atomic E-state index is 12.7. The molecule has 4 nitrogen and oxygen atoms in total. The minimum atomic E-state index is -3.87. The summed E-state index contributed by atoms with van der Waals surface area (Å²) in [5, 5.41) is -0.871. The van der Waals surface area contributed by atoms with Crippen LogP contribution in [0.4, 0.5) is 0 Å². The zero-order valence-corrected chi connectivity index (χ0v) is 22.3. The standard InChI is InChI=1S/2C6H12O2S.2C4H9.Sn/c2*1-2-3-4-5(9)6(7)8;2*1-3-4-2;/h2*5,9H,2-4H2,1H3,(H,7,8);2*1,3-4H2,2H3;/q;;;;+2/p-2. The molecule has 0 bridgehead atoms. The van der Waals surface area contributed by atoms with Crippen LogP contribution in [0.3, 0.4) is 0 Å². The molecule has 0 spiro atoms. The summed E-state index contributed by atoms with van der Waals surface area (Å²) in [5.74, 6) is -0.598. The SMILES string of the molecule is CCCCC(S)C(=O)[O][Sn]([CH2]CCC)([CH2]CCC)[O]C(=O)C(S)CCCC. The summed E-state index contributed by atoms with van der Waals surface area (Å²) in [6.45, 7) is 8.38. The van der Waals surface area contributed by atoms with Crippen LogP contribution in [0.15, 0.2) is 0 Å². The third-order valence-corrected chi connectivity index (χ3v) is 15.2. The maximum atomic E-state index is 12.7. The van der Waals surface area contributed by atoms with Gasteiger partial charge in [-0.05, 0) is 0 Å². The van der Waals surface area contributed by atoms with Gasteiger partial charge in [-0.3, -0.25) is 0 Å². The van der Waals surface area contributed by atoms with E-state index < -0.39 is 29.7 Å². The van der Waals surface area contributed by atoms with Crippen molar-refractivity contribution < 1.29 is 15.7 Å². The third kappa shape index (κ3) is 11.9. The van der Waals surface area contributed by atoms with Crippen molar-refractivity contribution in [3.05, 3.63) is 0 Å². The third-order valence-electron chi connectivity index (χ3n) is 4.60. The molecule has 0 saturated carbocycles. The molecule has 0 rings (SSSR count). The van der Waals surface area contributed by atoms with Crippen molar-refractivity contribution in [1.82, 2.24) is 0 Å². The van der Waals surface area contributed by atoms with E-state index in [1.807, 2.05) is 0 Å². The first-order valence-corrected chi connectivity index (χ1v) is 18.1. The molecule has 2 atom stereocenters. The first-order valence-electron chi connectivity index (χ1n) is 10.7. The zero-order valence-electron chi connectivity index (χ0n) is 17.7. The first kappa shape index (κ1) is 27.4. The van der Waals surface area contributed by atoms with Gasteiger partial charge in [0.2, 0.25) is 0 Å². The van der Waals surface area contributed by atoms with Crippen LogP contribution in [-0.4, -0.2) is 41.6 Å². The summed E-state index contributed by atoms with van der Waals surface area (Å²) in [7, 11) is 0. The van der Waals surface area contributed by atoms with Crippen LogP contribution < -0.4 is 0 Å². The molecular formula is C20H40O4S2Sn. The second kappa shape index (κ2) is 16.3. The molecule has 0 fully saturated rings. The van der Waals surface area contributed by atoms with Crippen LogP contribution in [0.2, 0.25) is 8.87 Å². The van der Waals surface area contributed by atoms with Gasteiger partial charge in [0.05, 0.1) is 0 Å². The fourth-order valence-corrected chi connectivity index (χ4v) is 13.8. The molecule has 0 aliphatic rings. The van der Waals surface area contributed by atoms with Gasteiger partial charge in [0.15, 0.2) is 0 Å². The molecule has 7 heteroatoms. The van der Waals surface area contributed by atoms with Crippen LogP contribution in [0.5, 0.6) is 0 Å². The number of hydrogen-bond acceptors (Lipinski definition) is 6. The van der Waals surface area contributed by atoms with Crippen molar-refractivity contribution in [2.24, 2.45) is 0 Å². The molecule has 0 amide bonds. The van der Waals surface area contributed by atoms with Crippen LogP contribution in [0.1, 0.15) is 91.9 Å². The Labute approximate surface area is 182 Å². The Kier molecular flexibility index (Phi) is 16.5. The Balaban J connectivity index is 5.29. The predicted molar refractivity (Wildman–Crippen MR) is 122 cm³/mol. The van der Waals surface area contributed by atoms with Crippen LogP contribution >= 0.6 is 25.3 Å². The molecule has 0 aliphatic carbocycles. The van der Waals surface area contributed by atoms with Gasteiger partial charge in [0.1, 0.15) is 0 Å². The molecule has 0 aromatic rings. The van der Waals surface area contributed by atoms with Crippen molar-refractivity contribution in [3.63, 3.8) is 0 Å². The molecule has 27 heavy (non-hydrogen) atoms. The summed E-state index contributed by atoms with van der Waals surface area (Å²) in [5.41, 5.74) is 0. The summed E-state index contributed by atoms with van der Waals surface area (Å²) >= 11 is 5.00. The van der Waals surface area contributed by atoms with E-state index in [1.165, 1.54) is 0 Å². The summed E-state index contributed by atoms with van der Waals surface area (Å²) in [4.78, 5) is 25.3. The zero-order chi connectivity index (χ0) is 20.7. The Hall–Kier alpha value is 0.439. The van der Waals surface area contributed by atoms with Crippen molar-refractivity contribution >= 4 is 56.4 Å². The average Bonchev–Trinajstić information content (AvgIpc) is 2.66. The molecule has 0 aromatic carbocycles. The van der Waals surface area contributed by atoms with Gasteiger partial charge >= 0.3 is 183 Å².